The van der Waals surface area contributed by atoms with Crippen molar-refractivity contribution in [2.75, 3.05) is 19.5 Å². The highest BCUT2D eigenvalue weighted by molar-refractivity contribution is 7.99. The van der Waals surface area contributed by atoms with E-state index in [1.807, 2.05) is 37.4 Å². The normalized spacial score (nSPS) is 10.5. The van der Waals surface area contributed by atoms with Gasteiger partial charge < -0.3 is 10.1 Å². The van der Waals surface area contributed by atoms with Gasteiger partial charge in [-0.3, -0.25) is 0 Å². The molecule has 0 radical (unpaired) electrons. The smallest absolute Gasteiger partial charge is 0.157 e. The Bertz CT molecular complexity index is 548. The molecule has 19 heavy (non-hydrogen) atoms. The molecule has 0 atom stereocenters. The van der Waals surface area contributed by atoms with Gasteiger partial charge in [-0.15, -0.1) is 0 Å². The third-order valence-corrected chi connectivity index (χ3v) is 3.49. The van der Waals surface area contributed by atoms with E-state index in [0.29, 0.717) is 12.4 Å². The number of ether oxygens (including phenoxy) is 1. The summed E-state index contributed by atoms with van der Waals surface area (Å²) in [6.07, 6.45) is 0. The standard InChI is InChI=1S/C13H14ClN3OS/c1-15-11-7-13(17-12(16-11)8-18-2)19-10-5-3-9(14)4-6-10/h3-7H,8H2,1-2H3,(H,15,16,17). The van der Waals surface area contributed by atoms with Crippen LogP contribution in [0.4, 0.5) is 5.82 Å². The average molecular weight is 296 g/mol. The van der Waals surface area contributed by atoms with Crippen molar-refractivity contribution in [1.82, 2.24) is 9.97 Å². The number of aromatic nitrogens is 2. The summed E-state index contributed by atoms with van der Waals surface area (Å²) in [4.78, 5) is 9.84. The van der Waals surface area contributed by atoms with Gasteiger partial charge in [-0.25, -0.2) is 9.97 Å². The largest absolute Gasteiger partial charge is 0.377 e. The summed E-state index contributed by atoms with van der Waals surface area (Å²) in [5, 5.41) is 4.61. The summed E-state index contributed by atoms with van der Waals surface area (Å²) in [6, 6.07) is 9.55. The second-order valence-corrected chi connectivity index (χ2v) is 5.28. The molecular weight excluding hydrogens is 282 g/mol. The molecule has 0 saturated carbocycles. The molecule has 0 fully saturated rings. The first-order valence-electron chi connectivity index (χ1n) is 5.69. The quantitative estimate of drug-likeness (QED) is 0.856. The topological polar surface area (TPSA) is 47.0 Å². The minimum Gasteiger partial charge on any atom is -0.377 e. The highest BCUT2D eigenvalue weighted by atomic mass is 35.5. The molecule has 100 valence electrons. The van der Waals surface area contributed by atoms with Crippen LogP contribution in [0.3, 0.4) is 0 Å². The highest BCUT2D eigenvalue weighted by Gasteiger charge is 2.05. The second-order valence-electron chi connectivity index (χ2n) is 3.75. The van der Waals surface area contributed by atoms with Crippen LogP contribution in [-0.2, 0) is 11.3 Å². The molecule has 2 aromatic rings. The first kappa shape index (κ1) is 14.1. The number of rotatable bonds is 5. The van der Waals surface area contributed by atoms with Gasteiger partial charge in [0.25, 0.3) is 0 Å². The van der Waals surface area contributed by atoms with Crippen molar-refractivity contribution >= 4 is 29.2 Å². The molecule has 0 unspecified atom stereocenters. The van der Waals surface area contributed by atoms with Gasteiger partial charge in [0, 0.05) is 30.1 Å². The molecule has 0 saturated heterocycles. The summed E-state index contributed by atoms with van der Waals surface area (Å²) in [5.41, 5.74) is 0. The molecule has 0 aliphatic carbocycles. The Morgan fingerprint density at radius 3 is 2.63 bits per heavy atom. The maximum absolute atomic E-state index is 5.87. The molecule has 6 heteroatoms. The first-order chi connectivity index (χ1) is 9.21. The first-order valence-corrected chi connectivity index (χ1v) is 6.89. The van der Waals surface area contributed by atoms with E-state index in [-0.39, 0.29) is 0 Å². The number of methoxy groups -OCH3 is 1. The Morgan fingerprint density at radius 1 is 1.26 bits per heavy atom. The molecule has 0 spiro atoms. The number of nitrogens with zero attached hydrogens (tertiary/aromatic N) is 2. The van der Waals surface area contributed by atoms with E-state index in [2.05, 4.69) is 15.3 Å². The minimum absolute atomic E-state index is 0.393. The Labute approximate surface area is 121 Å². The van der Waals surface area contributed by atoms with Crippen LogP contribution in [-0.4, -0.2) is 24.1 Å². The monoisotopic (exact) mass is 295 g/mol. The van der Waals surface area contributed by atoms with Crippen LogP contribution >= 0.6 is 23.4 Å². The van der Waals surface area contributed by atoms with Gasteiger partial charge >= 0.3 is 0 Å². The van der Waals surface area contributed by atoms with Crippen molar-refractivity contribution in [3.63, 3.8) is 0 Å². The van der Waals surface area contributed by atoms with Gasteiger partial charge in [-0.05, 0) is 24.3 Å². The van der Waals surface area contributed by atoms with Crippen LogP contribution in [0.5, 0.6) is 0 Å². The summed E-state index contributed by atoms with van der Waals surface area (Å²) >= 11 is 7.43. The number of nitrogens with one attached hydrogen (secondary N) is 1. The fourth-order valence-electron chi connectivity index (χ4n) is 1.47. The third-order valence-electron chi connectivity index (χ3n) is 2.31. The zero-order valence-electron chi connectivity index (χ0n) is 10.7. The van der Waals surface area contributed by atoms with Crippen molar-refractivity contribution in [2.45, 2.75) is 16.5 Å². The number of hydrogen-bond acceptors (Lipinski definition) is 5. The van der Waals surface area contributed by atoms with E-state index < -0.39 is 0 Å². The van der Waals surface area contributed by atoms with Gasteiger partial charge in [0.1, 0.15) is 17.5 Å². The maximum atomic E-state index is 5.87. The molecule has 2 rings (SSSR count). The van der Waals surface area contributed by atoms with Crippen LogP contribution in [0.1, 0.15) is 5.82 Å². The average Bonchev–Trinajstić information content (AvgIpc) is 2.41. The Hall–Kier alpha value is -1.30. The van der Waals surface area contributed by atoms with Gasteiger partial charge in [0.2, 0.25) is 0 Å². The number of anilines is 1. The van der Waals surface area contributed by atoms with Gasteiger partial charge in [-0.1, -0.05) is 23.4 Å². The van der Waals surface area contributed by atoms with Crippen molar-refractivity contribution in [2.24, 2.45) is 0 Å². The Kier molecular flexibility index (Phi) is 5.01. The van der Waals surface area contributed by atoms with Crippen molar-refractivity contribution in [3.05, 3.63) is 41.2 Å². The Morgan fingerprint density at radius 2 is 2.00 bits per heavy atom. The number of benzene rings is 1. The molecule has 1 aromatic carbocycles. The molecular formula is C13H14ClN3OS. The molecule has 0 amide bonds. The number of halogens is 1. The Balaban J connectivity index is 2.23. The summed E-state index contributed by atoms with van der Waals surface area (Å²) in [7, 11) is 3.46. The lowest BCUT2D eigenvalue weighted by Gasteiger charge is -2.07. The molecule has 1 N–H and O–H groups in total. The van der Waals surface area contributed by atoms with Gasteiger partial charge in [0.15, 0.2) is 5.82 Å². The lowest BCUT2D eigenvalue weighted by Crippen LogP contribution is -2.02. The van der Waals surface area contributed by atoms with Crippen LogP contribution in [0.15, 0.2) is 40.3 Å². The summed E-state index contributed by atoms with van der Waals surface area (Å²) in [5.74, 6) is 1.43. The molecule has 1 heterocycles. The fraction of sp³-hybridized carbons (Fsp3) is 0.231. The minimum atomic E-state index is 0.393. The molecule has 4 nitrogen and oxygen atoms in total. The molecule has 0 aliphatic rings. The fourth-order valence-corrected chi connectivity index (χ4v) is 2.43. The zero-order chi connectivity index (χ0) is 13.7. The van der Waals surface area contributed by atoms with Crippen LogP contribution in [0.25, 0.3) is 0 Å². The number of hydrogen-bond donors (Lipinski definition) is 1. The predicted octanol–water partition coefficient (Wildman–Crippen LogP) is 3.47. The van der Waals surface area contributed by atoms with Crippen molar-refractivity contribution in [1.29, 1.82) is 0 Å². The van der Waals surface area contributed by atoms with E-state index in [9.17, 15) is 0 Å². The molecule has 0 bridgehead atoms. The second kappa shape index (κ2) is 6.75. The van der Waals surface area contributed by atoms with Gasteiger partial charge in [0.05, 0.1) is 0 Å². The van der Waals surface area contributed by atoms with Crippen molar-refractivity contribution < 1.29 is 4.74 Å². The summed E-state index contributed by atoms with van der Waals surface area (Å²) in [6.45, 7) is 0.393. The highest BCUT2D eigenvalue weighted by Crippen LogP contribution is 2.28. The molecule has 0 aliphatic heterocycles. The van der Waals surface area contributed by atoms with E-state index in [1.165, 1.54) is 0 Å². The zero-order valence-corrected chi connectivity index (χ0v) is 12.3. The summed E-state index contributed by atoms with van der Waals surface area (Å²) < 4.78 is 5.07. The lowest BCUT2D eigenvalue weighted by molar-refractivity contribution is 0.177. The molecule has 1 aromatic heterocycles. The van der Waals surface area contributed by atoms with E-state index >= 15 is 0 Å². The van der Waals surface area contributed by atoms with Crippen LogP contribution in [0.2, 0.25) is 5.02 Å². The van der Waals surface area contributed by atoms with Crippen LogP contribution in [0, 0.1) is 0 Å². The van der Waals surface area contributed by atoms with Crippen LogP contribution < -0.4 is 5.32 Å². The van der Waals surface area contributed by atoms with Crippen molar-refractivity contribution in [3.8, 4) is 0 Å². The van der Waals surface area contributed by atoms with E-state index in [4.69, 9.17) is 16.3 Å². The van der Waals surface area contributed by atoms with E-state index in [1.54, 1.807) is 18.9 Å². The van der Waals surface area contributed by atoms with E-state index in [0.717, 1.165) is 20.8 Å². The SMILES string of the molecule is CNc1cc(Sc2ccc(Cl)cc2)nc(COC)n1. The third kappa shape index (κ3) is 4.09. The predicted molar refractivity (Wildman–Crippen MR) is 77.9 cm³/mol. The maximum Gasteiger partial charge on any atom is 0.157 e. The lowest BCUT2D eigenvalue weighted by atomic mass is 10.4. The van der Waals surface area contributed by atoms with Gasteiger partial charge in [-0.2, -0.15) is 0 Å².